The molecule has 0 N–H and O–H groups in total. The number of hydrogen-bond donors (Lipinski definition) is 0. The van der Waals surface area contributed by atoms with Gasteiger partial charge in [0.2, 0.25) is 11.1 Å². The first kappa shape index (κ1) is 18.2. The standard InChI is InChI=1S/C18H21N5O2S/c1-3-22(12-15-8-5-4-6-9-15)17(24)14(2)26-18-19-20-21-23(18)13-16-10-7-11-25-16/h4-11,14H,3,12-13H2,1-2H3/t14-/m1/s1. The van der Waals surface area contributed by atoms with Crippen LogP contribution < -0.4 is 0 Å². The summed E-state index contributed by atoms with van der Waals surface area (Å²) in [5.74, 6) is 0.825. The van der Waals surface area contributed by atoms with Crippen molar-refractivity contribution in [1.29, 1.82) is 0 Å². The molecule has 0 saturated carbocycles. The second kappa shape index (κ2) is 8.66. The van der Waals surface area contributed by atoms with Crippen LogP contribution in [0.3, 0.4) is 0 Å². The third kappa shape index (κ3) is 4.51. The van der Waals surface area contributed by atoms with Gasteiger partial charge in [-0.2, -0.15) is 0 Å². The van der Waals surface area contributed by atoms with Crippen molar-refractivity contribution in [2.45, 2.75) is 37.3 Å². The van der Waals surface area contributed by atoms with Crippen LogP contribution in [-0.4, -0.2) is 42.8 Å². The predicted octanol–water partition coefficient (Wildman–Crippen LogP) is 2.84. The number of benzene rings is 1. The van der Waals surface area contributed by atoms with Gasteiger partial charge >= 0.3 is 0 Å². The van der Waals surface area contributed by atoms with E-state index >= 15 is 0 Å². The van der Waals surface area contributed by atoms with Crippen molar-refractivity contribution >= 4 is 17.7 Å². The zero-order valence-electron chi connectivity index (χ0n) is 14.8. The first-order valence-electron chi connectivity index (χ1n) is 8.45. The van der Waals surface area contributed by atoms with Gasteiger partial charge in [0, 0.05) is 13.1 Å². The molecule has 8 heteroatoms. The summed E-state index contributed by atoms with van der Waals surface area (Å²) in [7, 11) is 0. The van der Waals surface area contributed by atoms with Crippen LogP contribution in [-0.2, 0) is 17.9 Å². The zero-order valence-corrected chi connectivity index (χ0v) is 15.6. The number of thioether (sulfide) groups is 1. The zero-order chi connectivity index (χ0) is 18.4. The van der Waals surface area contributed by atoms with Gasteiger partial charge in [0.25, 0.3) is 0 Å². The van der Waals surface area contributed by atoms with Crippen LogP contribution in [0.1, 0.15) is 25.2 Å². The van der Waals surface area contributed by atoms with Crippen LogP contribution in [0.2, 0.25) is 0 Å². The lowest BCUT2D eigenvalue weighted by Crippen LogP contribution is -2.36. The highest BCUT2D eigenvalue weighted by Crippen LogP contribution is 2.23. The van der Waals surface area contributed by atoms with Gasteiger partial charge in [0.15, 0.2) is 0 Å². The molecule has 26 heavy (non-hydrogen) atoms. The van der Waals surface area contributed by atoms with Gasteiger partial charge in [0.1, 0.15) is 12.3 Å². The molecule has 0 unspecified atom stereocenters. The van der Waals surface area contributed by atoms with Crippen LogP contribution in [0.5, 0.6) is 0 Å². The highest BCUT2D eigenvalue weighted by molar-refractivity contribution is 8.00. The Bertz CT molecular complexity index is 819. The van der Waals surface area contributed by atoms with Crippen LogP contribution >= 0.6 is 11.8 Å². The van der Waals surface area contributed by atoms with Gasteiger partial charge in [-0.25, -0.2) is 4.68 Å². The van der Waals surface area contributed by atoms with Gasteiger partial charge in [-0.15, -0.1) is 5.10 Å². The van der Waals surface area contributed by atoms with E-state index in [2.05, 4.69) is 15.5 Å². The Morgan fingerprint density at radius 3 is 2.77 bits per heavy atom. The van der Waals surface area contributed by atoms with E-state index in [0.29, 0.717) is 24.8 Å². The first-order valence-corrected chi connectivity index (χ1v) is 9.33. The largest absolute Gasteiger partial charge is 0.467 e. The van der Waals surface area contributed by atoms with E-state index in [4.69, 9.17) is 4.42 Å². The van der Waals surface area contributed by atoms with E-state index < -0.39 is 0 Å². The minimum absolute atomic E-state index is 0.0638. The molecular formula is C18H21N5O2S. The summed E-state index contributed by atoms with van der Waals surface area (Å²) in [6, 6.07) is 13.7. The minimum Gasteiger partial charge on any atom is -0.467 e. The van der Waals surface area contributed by atoms with Crippen LogP contribution in [0, 0.1) is 0 Å². The van der Waals surface area contributed by atoms with Crippen molar-refractivity contribution in [3.63, 3.8) is 0 Å². The fourth-order valence-electron chi connectivity index (χ4n) is 2.55. The van der Waals surface area contributed by atoms with E-state index in [1.807, 2.05) is 61.2 Å². The Kier molecular flexibility index (Phi) is 6.06. The fourth-order valence-corrected chi connectivity index (χ4v) is 3.42. The molecule has 0 fully saturated rings. The summed E-state index contributed by atoms with van der Waals surface area (Å²) >= 11 is 1.36. The molecule has 0 saturated heterocycles. The van der Waals surface area contributed by atoms with Gasteiger partial charge in [-0.3, -0.25) is 4.79 Å². The SMILES string of the molecule is CCN(Cc1ccccc1)C(=O)[C@@H](C)Sc1nnnn1Cc1ccco1. The van der Waals surface area contributed by atoms with Crippen LogP contribution in [0.15, 0.2) is 58.3 Å². The molecule has 1 amide bonds. The fraction of sp³-hybridized carbons (Fsp3) is 0.333. The first-order chi connectivity index (χ1) is 12.7. The van der Waals surface area contributed by atoms with E-state index in [-0.39, 0.29) is 11.2 Å². The van der Waals surface area contributed by atoms with Gasteiger partial charge in [-0.1, -0.05) is 42.1 Å². The van der Waals surface area contributed by atoms with Gasteiger partial charge < -0.3 is 9.32 Å². The summed E-state index contributed by atoms with van der Waals surface area (Å²) in [6.07, 6.45) is 1.61. The number of aromatic nitrogens is 4. The molecule has 7 nitrogen and oxygen atoms in total. The Labute approximate surface area is 156 Å². The molecule has 1 aromatic carbocycles. The lowest BCUT2D eigenvalue weighted by molar-refractivity contribution is -0.130. The summed E-state index contributed by atoms with van der Waals surface area (Å²) in [6.45, 7) is 5.55. The molecule has 0 aliphatic rings. The third-order valence-corrected chi connectivity index (χ3v) is 4.98. The second-order valence-corrected chi connectivity index (χ2v) is 7.10. The van der Waals surface area contributed by atoms with Crippen molar-refractivity contribution in [2.75, 3.05) is 6.54 Å². The lowest BCUT2D eigenvalue weighted by Gasteiger charge is -2.24. The molecule has 0 aliphatic carbocycles. The maximum atomic E-state index is 12.8. The normalized spacial score (nSPS) is 12.1. The Hall–Kier alpha value is -2.61. The maximum Gasteiger partial charge on any atom is 0.236 e. The average Bonchev–Trinajstić information content (AvgIpc) is 3.33. The molecule has 0 radical (unpaired) electrons. The molecule has 2 heterocycles. The number of tetrazole rings is 1. The van der Waals surface area contributed by atoms with Crippen molar-refractivity contribution in [3.8, 4) is 0 Å². The summed E-state index contributed by atoms with van der Waals surface area (Å²) in [5, 5.41) is 12.1. The number of furan rings is 1. The van der Waals surface area contributed by atoms with E-state index in [0.717, 1.165) is 11.3 Å². The summed E-state index contributed by atoms with van der Waals surface area (Å²) in [5.41, 5.74) is 1.11. The number of rotatable bonds is 8. The molecule has 0 spiro atoms. The molecule has 1 atom stereocenters. The summed E-state index contributed by atoms with van der Waals surface area (Å²) in [4.78, 5) is 14.7. The van der Waals surface area contributed by atoms with Crippen molar-refractivity contribution in [2.24, 2.45) is 0 Å². The molecular weight excluding hydrogens is 350 g/mol. The monoisotopic (exact) mass is 371 g/mol. The Balaban J connectivity index is 1.64. The van der Waals surface area contributed by atoms with Crippen molar-refractivity contribution in [1.82, 2.24) is 25.1 Å². The number of carbonyl (C=O) groups is 1. The van der Waals surface area contributed by atoms with E-state index in [1.54, 1.807) is 10.9 Å². The minimum atomic E-state index is -0.292. The van der Waals surface area contributed by atoms with E-state index in [1.165, 1.54) is 11.8 Å². The molecule has 2 aromatic heterocycles. The third-order valence-electron chi connectivity index (χ3n) is 3.92. The highest BCUT2D eigenvalue weighted by atomic mass is 32.2. The van der Waals surface area contributed by atoms with Crippen molar-refractivity contribution < 1.29 is 9.21 Å². The Morgan fingerprint density at radius 1 is 1.27 bits per heavy atom. The quantitative estimate of drug-likeness (QED) is 0.567. The van der Waals surface area contributed by atoms with Crippen LogP contribution in [0.25, 0.3) is 0 Å². The van der Waals surface area contributed by atoms with Crippen LogP contribution in [0.4, 0.5) is 0 Å². The van der Waals surface area contributed by atoms with Crippen molar-refractivity contribution in [3.05, 3.63) is 60.1 Å². The van der Waals surface area contributed by atoms with Gasteiger partial charge in [0.05, 0.1) is 11.5 Å². The summed E-state index contributed by atoms with van der Waals surface area (Å²) < 4.78 is 6.98. The highest BCUT2D eigenvalue weighted by Gasteiger charge is 2.23. The molecule has 0 aliphatic heterocycles. The molecule has 136 valence electrons. The number of hydrogen-bond acceptors (Lipinski definition) is 6. The second-order valence-electron chi connectivity index (χ2n) is 5.80. The molecule has 0 bridgehead atoms. The number of carbonyl (C=O) groups excluding carboxylic acids is 1. The average molecular weight is 371 g/mol. The molecule has 3 rings (SSSR count). The van der Waals surface area contributed by atoms with Gasteiger partial charge in [-0.05, 0) is 42.0 Å². The van der Waals surface area contributed by atoms with E-state index in [9.17, 15) is 4.79 Å². The maximum absolute atomic E-state index is 12.8. The predicted molar refractivity (Wildman–Crippen MR) is 98.5 cm³/mol. The number of nitrogens with zero attached hydrogens (tertiary/aromatic N) is 5. The lowest BCUT2D eigenvalue weighted by atomic mass is 10.2. The number of amides is 1. The molecule has 3 aromatic rings. The Morgan fingerprint density at radius 2 is 2.08 bits per heavy atom. The smallest absolute Gasteiger partial charge is 0.236 e. The topological polar surface area (TPSA) is 77.1 Å².